The molecule has 0 saturated carbocycles. The Labute approximate surface area is 154 Å². The van der Waals surface area contributed by atoms with Gasteiger partial charge >= 0.3 is 0 Å². The van der Waals surface area contributed by atoms with Crippen molar-refractivity contribution in [2.24, 2.45) is 5.73 Å². The van der Waals surface area contributed by atoms with E-state index in [0.717, 1.165) is 38.5 Å². The zero-order chi connectivity index (χ0) is 18.4. The Kier molecular flexibility index (Phi) is 3.30. The maximum atomic E-state index is 11.9. The molecular weight excluding hydrogens is 338 g/mol. The highest BCUT2D eigenvalue weighted by atomic mass is 16.1. The molecule has 5 rings (SSSR count). The standard InChI is InChI=1S/C21H15N5O/c22-21(27)20-15(4-2-7-24-20)16-9-12(10-19-17(16)11-25-26-19)13-3-1-5-18-14(13)6-8-23-18/h1-11,23H,(H2,22,27)(H,25,26). The first-order chi connectivity index (χ1) is 13.2. The molecule has 27 heavy (non-hydrogen) atoms. The van der Waals surface area contributed by atoms with Crippen molar-refractivity contribution in [3.05, 3.63) is 72.8 Å². The normalized spacial score (nSPS) is 11.3. The number of benzene rings is 2. The molecular formula is C21H15N5O. The highest BCUT2D eigenvalue weighted by Crippen LogP contribution is 2.36. The lowest BCUT2D eigenvalue weighted by Gasteiger charge is -2.11. The highest BCUT2D eigenvalue weighted by Gasteiger charge is 2.16. The van der Waals surface area contributed by atoms with Crippen LogP contribution in [-0.2, 0) is 0 Å². The molecule has 0 aliphatic heterocycles. The van der Waals surface area contributed by atoms with Gasteiger partial charge in [-0.3, -0.25) is 14.9 Å². The van der Waals surface area contributed by atoms with Crippen LogP contribution in [0.4, 0.5) is 0 Å². The Morgan fingerprint density at radius 1 is 0.926 bits per heavy atom. The van der Waals surface area contributed by atoms with E-state index in [1.165, 1.54) is 0 Å². The molecule has 3 heterocycles. The van der Waals surface area contributed by atoms with E-state index < -0.39 is 5.91 Å². The van der Waals surface area contributed by atoms with Gasteiger partial charge in [-0.15, -0.1) is 0 Å². The summed E-state index contributed by atoms with van der Waals surface area (Å²) < 4.78 is 0. The number of nitrogens with two attached hydrogens (primary N) is 1. The van der Waals surface area contributed by atoms with Crippen LogP contribution in [0.3, 0.4) is 0 Å². The molecule has 0 fully saturated rings. The van der Waals surface area contributed by atoms with Crippen LogP contribution in [-0.4, -0.2) is 26.1 Å². The van der Waals surface area contributed by atoms with E-state index in [1.807, 2.05) is 24.4 Å². The number of aromatic amines is 2. The second-order valence-electron chi connectivity index (χ2n) is 6.36. The van der Waals surface area contributed by atoms with Gasteiger partial charge in [0, 0.05) is 34.2 Å². The molecule has 0 bridgehead atoms. The van der Waals surface area contributed by atoms with Gasteiger partial charge in [-0.1, -0.05) is 18.2 Å². The van der Waals surface area contributed by atoms with Gasteiger partial charge in [0.05, 0.1) is 11.7 Å². The van der Waals surface area contributed by atoms with Gasteiger partial charge in [0.25, 0.3) is 5.91 Å². The van der Waals surface area contributed by atoms with Gasteiger partial charge in [-0.25, -0.2) is 0 Å². The van der Waals surface area contributed by atoms with Crippen molar-refractivity contribution in [1.82, 2.24) is 20.2 Å². The number of nitrogens with one attached hydrogen (secondary N) is 2. The Hall–Kier alpha value is -3.93. The lowest BCUT2D eigenvalue weighted by molar-refractivity contribution is 0.0996. The SMILES string of the molecule is NC(=O)c1ncccc1-c1cc(-c2cccc3[nH]ccc23)cc2[nH]ncc12. The van der Waals surface area contributed by atoms with E-state index in [0.29, 0.717) is 5.56 Å². The molecule has 130 valence electrons. The van der Waals surface area contributed by atoms with Crippen LogP contribution in [0.1, 0.15) is 10.5 Å². The number of rotatable bonds is 3. The Balaban J connectivity index is 1.84. The summed E-state index contributed by atoms with van der Waals surface area (Å²) in [6.45, 7) is 0. The fraction of sp³-hybridized carbons (Fsp3) is 0. The molecule has 1 amide bonds. The second kappa shape index (κ2) is 5.81. The summed E-state index contributed by atoms with van der Waals surface area (Å²) in [5, 5.41) is 9.26. The average molecular weight is 353 g/mol. The van der Waals surface area contributed by atoms with Crippen LogP contribution >= 0.6 is 0 Å². The molecule has 0 radical (unpaired) electrons. The fourth-order valence-electron chi connectivity index (χ4n) is 3.59. The number of aromatic nitrogens is 4. The number of fused-ring (bicyclic) bond motifs is 2. The largest absolute Gasteiger partial charge is 0.364 e. The fourth-order valence-corrected chi connectivity index (χ4v) is 3.59. The van der Waals surface area contributed by atoms with Crippen molar-refractivity contribution in [3.63, 3.8) is 0 Å². The summed E-state index contributed by atoms with van der Waals surface area (Å²) in [4.78, 5) is 19.3. The molecule has 0 aliphatic carbocycles. The van der Waals surface area contributed by atoms with Gasteiger partial charge in [0.15, 0.2) is 0 Å². The molecule has 5 aromatic rings. The van der Waals surface area contributed by atoms with E-state index in [1.54, 1.807) is 18.5 Å². The molecule has 0 atom stereocenters. The number of primary amides is 1. The summed E-state index contributed by atoms with van der Waals surface area (Å²) in [5.41, 5.74) is 11.4. The quantitative estimate of drug-likeness (QED) is 0.459. The van der Waals surface area contributed by atoms with E-state index in [4.69, 9.17) is 5.73 Å². The Morgan fingerprint density at radius 2 is 1.81 bits per heavy atom. The third-order valence-corrected chi connectivity index (χ3v) is 4.80. The minimum atomic E-state index is -0.555. The minimum absolute atomic E-state index is 0.247. The maximum absolute atomic E-state index is 11.9. The molecule has 0 unspecified atom stereocenters. The van der Waals surface area contributed by atoms with Crippen molar-refractivity contribution in [2.75, 3.05) is 0 Å². The summed E-state index contributed by atoms with van der Waals surface area (Å²) >= 11 is 0. The van der Waals surface area contributed by atoms with Gasteiger partial charge in [0.1, 0.15) is 5.69 Å². The van der Waals surface area contributed by atoms with Crippen molar-refractivity contribution in [3.8, 4) is 22.3 Å². The predicted molar refractivity (Wildman–Crippen MR) is 105 cm³/mol. The number of carbonyl (C=O) groups is 1. The zero-order valence-corrected chi connectivity index (χ0v) is 14.2. The lowest BCUT2D eigenvalue weighted by Crippen LogP contribution is -2.14. The van der Waals surface area contributed by atoms with Crippen LogP contribution in [0.25, 0.3) is 44.1 Å². The molecule has 2 aromatic carbocycles. The number of H-pyrrole nitrogens is 2. The zero-order valence-electron chi connectivity index (χ0n) is 14.2. The molecule has 0 aliphatic rings. The van der Waals surface area contributed by atoms with Crippen LogP contribution in [0, 0.1) is 0 Å². The van der Waals surface area contributed by atoms with E-state index in [-0.39, 0.29) is 5.69 Å². The number of carbonyl (C=O) groups excluding carboxylic acids is 1. The van der Waals surface area contributed by atoms with Crippen LogP contribution in [0.5, 0.6) is 0 Å². The van der Waals surface area contributed by atoms with Crippen LogP contribution in [0.15, 0.2) is 67.1 Å². The molecule has 0 saturated heterocycles. The topological polar surface area (TPSA) is 100 Å². The number of pyridine rings is 1. The van der Waals surface area contributed by atoms with E-state index >= 15 is 0 Å². The van der Waals surface area contributed by atoms with Gasteiger partial charge < -0.3 is 10.7 Å². The highest BCUT2D eigenvalue weighted by molar-refractivity contribution is 6.06. The maximum Gasteiger partial charge on any atom is 0.267 e. The predicted octanol–water partition coefficient (Wildman–Crippen LogP) is 3.87. The summed E-state index contributed by atoms with van der Waals surface area (Å²) in [6.07, 6.45) is 5.25. The Bertz CT molecular complexity index is 1310. The second-order valence-corrected chi connectivity index (χ2v) is 6.36. The van der Waals surface area contributed by atoms with Crippen LogP contribution in [0.2, 0.25) is 0 Å². The average Bonchev–Trinajstić information content (AvgIpc) is 3.35. The van der Waals surface area contributed by atoms with Crippen molar-refractivity contribution >= 4 is 27.7 Å². The van der Waals surface area contributed by atoms with E-state index in [2.05, 4.69) is 44.4 Å². The summed E-state index contributed by atoms with van der Waals surface area (Å²) in [7, 11) is 0. The smallest absolute Gasteiger partial charge is 0.267 e. The third kappa shape index (κ3) is 2.38. The number of nitrogens with zero attached hydrogens (tertiary/aromatic N) is 2. The number of hydrogen-bond acceptors (Lipinski definition) is 3. The number of hydrogen-bond donors (Lipinski definition) is 3. The first-order valence-electron chi connectivity index (χ1n) is 8.51. The van der Waals surface area contributed by atoms with Crippen molar-refractivity contribution in [2.45, 2.75) is 0 Å². The van der Waals surface area contributed by atoms with E-state index in [9.17, 15) is 4.79 Å². The van der Waals surface area contributed by atoms with Crippen LogP contribution < -0.4 is 5.73 Å². The summed E-state index contributed by atoms with van der Waals surface area (Å²) in [6, 6.07) is 16.0. The molecule has 3 aromatic heterocycles. The van der Waals surface area contributed by atoms with Gasteiger partial charge in [0.2, 0.25) is 0 Å². The molecule has 0 spiro atoms. The summed E-state index contributed by atoms with van der Waals surface area (Å²) in [5.74, 6) is -0.555. The first-order valence-corrected chi connectivity index (χ1v) is 8.51. The number of amides is 1. The van der Waals surface area contributed by atoms with Gasteiger partial charge in [-0.2, -0.15) is 5.10 Å². The first kappa shape index (κ1) is 15.3. The third-order valence-electron chi connectivity index (χ3n) is 4.80. The van der Waals surface area contributed by atoms with Crippen molar-refractivity contribution in [1.29, 1.82) is 0 Å². The minimum Gasteiger partial charge on any atom is -0.364 e. The molecule has 4 N–H and O–H groups in total. The Morgan fingerprint density at radius 3 is 2.70 bits per heavy atom. The molecule has 6 nitrogen and oxygen atoms in total. The van der Waals surface area contributed by atoms with Gasteiger partial charge in [-0.05, 0) is 47.0 Å². The van der Waals surface area contributed by atoms with Crippen molar-refractivity contribution < 1.29 is 4.79 Å². The monoisotopic (exact) mass is 353 g/mol. The lowest BCUT2D eigenvalue weighted by atomic mass is 9.93. The molecule has 6 heteroatoms.